The highest BCUT2D eigenvalue weighted by atomic mass is 35.5. The number of benzene rings is 3. The van der Waals surface area contributed by atoms with Gasteiger partial charge in [-0.3, -0.25) is 14.5 Å². The van der Waals surface area contributed by atoms with Gasteiger partial charge in [-0.15, -0.1) is 0 Å². The summed E-state index contributed by atoms with van der Waals surface area (Å²) in [5.41, 5.74) is 2.86. The van der Waals surface area contributed by atoms with E-state index in [1.54, 1.807) is 29.2 Å². The van der Waals surface area contributed by atoms with Crippen LogP contribution in [-0.2, 0) is 22.4 Å². The van der Waals surface area contributed by atoms with Crippen molar-refractivity contribution in [3.63, 3.8) is 0 Å². The van der Waals surface area contributed by atoms with Gasteiger partial charge in [-0.25, -0.2) is 0 Å². The standard InChI is InChI=1S/C29H30ClN3O3S/c1-2-36-25-14-12-24(13-15-25)31-27(34)20-26-28(35)33(19-17-21-6-4-3-5-7-21)29(37)32(26)18-16-22-8-10-23(30)11-9-22/h3-15,26H,2,16-20H2,1H3,(H,31,34). The molecule has 192 valence electrons. The predicted octanol–water partition coefficient (Wildman–Crippen LogP) is 5.35. The highest BCUT2D eigenvalue weighted by molar-refractivity contribution is 7.80. The van der Waals surface area contributed by atoms with Gasteiger partial charge in [0.2, 0.25) is 5.91 Å². The molecule has 1 saturated heterocycles. The third kappa shape index (κ3) is 7.08. The zero-order valence-electron chi connectivity index (χ0n) is 20.7. The maximum atomic E-state index is 13.5. The first-order chi connectivity index (χ1) is 17.9. The van der Waals surface area contributed by atoms with E-state index in [0.29, 0.717) is 48.4 Å². The van der Waals surface area contributed by atoms with Crippen LogP contribution in [0.15, 0.2) is 78.9 Å². The minimum Gasteiger partial charge on any atom is -0.494 e. The Bertz CT molecular complexity index is 1220. The third-order valence-electron chi connectivity index (χ3n) is 6.25. The Balaban J connectivity index is 1.45. The van der Waals surface area contributed by atoms with Crippen LogP contribution in [0.2, 0.25) is 5.02 Å². The summed E-state index contributed by atoms with van der Waals surface area (Å²) in [7, 11) is 0. The van der Waals surface area contributed by atoms with Crippen molar-refractivity contribution in [2.24, 2.45) is 0 Å². The van der Waals surface area contributed by atoms with Crippen LogP contribution in [0.1, 0.15) is 24.5 Å². The summed E-state index contributed by atoms with van der Waals surface area (Å²) < 4.78 is 5.46. The quantitative estimate of drug-likeness (QED) is 0.335. The Kier molecular flexibility index (Phi) is 9.14. The second-order valence-electron chi connectivity index (χ2n) is 8.80. The molecular formula is C29H30ClN3O3S. The molecule has 1 heterocycles. The molecule has 0 aromatic heterocycles. The van der Waals surface area contributed by atoms with Gasteiger partial charge in [0.15, 0.2) is 5.11 Å². The number of rotatable bonds is 11. The molecule has 8 heteroatoms. The van der Waals surface area contributed by atoms with E-state index >= 15 is 0 Å². The van der Waals surface area contributed by atoms with Crippen LogP contribution >= 0.6 is 23.8 Å². The van der Waals surface area contributed by atoms with E-state index in [1.807, 2.05) is 66.4 Å². The summed E-state index contributed by atoms with van der Waals surface area (Å²) in [5, 5.41) is 4.04. The predicted molar refractivity (Wildman–Crippen MR) is 151 cm³/mol. The monoisotopic (exact) mass is 535 g/mol. The molecular weight excluding hydrogens is 506 g/mol. The lowest BCUT2D eigenvalue weighted by atomic mass is 10.1. The van der Waals surface area contributed by atoms with Gasteiger partial charge in [-0.2, -0.15) is 0 Å². The maximum absolute atomic E-state index is 13.5. The smallest absolute Gasteiger partial charge is 0.252 e. The molecule has 2 amide bonds. The lowest BCUT2D eigenvalue weighted by molar-refractivity contribution is -0.130. The van der Waals surface area contributed by atoms with Crippen molar-refractivity contribution in [2.45, 2.75) is 32.2 Å². The average molecular weight is 536 g/mol. The number of thiocarbonyl (C=S) groups is 1. The van der Waals surface area contributed by atoms with Gasteiger partial charge >= 0.3 is 0 Å². The lowest BCUT2D eigenvalue weighted by Gasteiger charge is -2.24. The molecule has 37 heavy (non-hydrogen) atoms. The van der Waals surface area contributed by atoms with Crippen molar-refractivity contribution in [1.82, 2.24) is 9.80 Å². The minimum atomic E-state index is -0.654. The van der Waals surface area contributed by atoms with Gasteiger partial charge < -0.3 is 15.0 Å². The van der Waals surface area contributed by atoms with Crippen molar-refractivity contribution in [3.05, 3.63) is 95.0 Å². The van der Waals surface area contributed by atoms with Crippen molar-refractivity contribution in [2.75, 3.05) is 25.0 Å². The Hall–Kier alpha value is -3.42. The summed E-state index contributed by atoms with van der Waals surface area (Å²) in [4.78, 5) is 30.0. The minimum absolute atomic E-state index is 0.00857. The molecule has 0 saturated carbocycles. The number of nitrogens with one attached hydrogen (secondary N) is 1. The van der Waals surface area contributed by atoms with Gasteiger partial charge in [-0.1, -0.05) is 54.1 Å². The van der Waals surface area contributed by atoms with Crippen molar-refractivity contribution in [3.8, 4) is 5.75 Å². The largest absolute Gasteiger partial charge is 0.494 e. The topological polar surface area (TPSA) is 61.9 Å². The first-order valence-electron chi connectivity index (χ1n) is 12.4. The summed E-state index contributed by atoms with van der Waals surface area (Å²) in [6.07, 6.45) is 1.37. The fraction of sp³-hybridized carbons (Fsp3) is 0.276. The average Bonchev–Trinajstić information content (AvgIpc) is 3.12. The van der Waals surface area contributed by atoms with E-state index in [0.717, 1.165) is 16.9 Å². The van der Waals surface area contributed by atoms with Gasteiger partial charge in [0.05, 0.1) is 13.0 Å². The van der Waals surface area contributed by atoms with E-state index in [4.69, 9.17) is 28.6 Å². The molecule has 0 bridgehead atoms. The van der Waals surface area contributed by atoms with Gasteiger partial charge in [-0.05, 0) is 79.5 Å². The number of anilines is 1. The van der Waals surface area contributed by atoms with Crippen molar-refractivity contribution >= 4 is 46.4 Å². The van der Waals surface area contributed by atoms with E-state index in [9.17, 15) is 9.59 Å². The Morgan fingerprint density at radius 1 is 0.946 bits per heavy atom. The fourth-order valence-corrected chi connectivity index (χ4v) is 4.85. The van der Waals surface area contributed by atoms with Crippen LogP contribution in [0.25, 0.3) is 0 Å². The molecule has 1 aliphatic rings. The molecule has 1 unspecified atom stereocenters. The number of amides is 2. The van der Waals surface area contributed by atoms with Crippen LogP contribution in [0.5, 0.6) is 5.75 Å². The summed E-state index contributed by atoms with van der Waals surface area (Å²) in [6, 6.07) is 24.1. The molecule has 6 nitrogen and oxygen atoms in total. The Morgan fingerprint density at radius 3 is 2.27 bits per heavy atom. The number of carbonyl (C=O) groups excluding carboxylic acids is 2. The molecule has 1 atom stereocenters. The van der Waals surface area contributed by atoms with Gasteiger partial charge in [0.25, 0.3) is 5.91 Å². The molecule has 3 aromatic rings. The number of halogens is 1. The third-order valence-corrected chi connectivity index (χ3v) is 6.96. The number of ether oxygens (including phenoxy) is 1. The molecule has 3 aromatic carbocycles. The fourth-order valence-electron chi connectivity index (χ4n) is 4.33. The van der Waals surface area contributed by atoms with Crippen molar-refractivity contribution < 1.29 is 14.3 Å². The SMILES string of the molecule is CCOc1ccc(NC(=O)CC2C(=O)N(CCc3ccccc3)C(=S)N2CCc2ccc(Cl)cc2)cc1. The summed E-state index contributed by atoms with van der Waals surface area (Å²) >= 11 is 11.8. The van der Waals surface area contributed by atoms with Gasteiger partial charge in [0, 0.05) is 23.8 Å². The lowest BCUT2D eigenvalue weighted by Crippen LogP contribution is -2.39. The van der Waals surface area contributed by atoms with E-state index in [1.165, 1.54) is 0 Å². The molecule has 1 N–H and O–H groups in total. The van der Waals surface area contributed by atoms with Crippen LogP contribution in [-0.4, -0.2) is 52.5 Å². The van der Waals surface area contributed by atoms with E-state index in [2.05, 4.69) is 5.32 Å². The molecule has 0 radical (unpaired) electrons. The van der Waals surface area contributed by atoms with Crippen LogP contribution < -0.4 is 10.1 Å². The second-order valence-corrected chi connectivity index (χ2v) is 9.60. The summed E-state index contributed by atoms with van der Waals surface area (Å²) in [6.45, 7) is 3.48. The Morgan fingerprint density at radius 2 is 1.59 bits per heavy atom. The van der Waals surface area contributed by atoms with Crippen LogP contribution in [0.4, 0.5) is 5.69 Å². The Labute approximate surface area is 228 Å². The zero-order valence-corrected chi connectivity index (χ0v) is 22.3. The number of hydrogen-bond donors (Lipinski definition) is 1. The molecule has 0 aliphatic carbocycles. The van der Waals surface area contributed by atoms with E-state index < -0.39 is 6.04 Å². The number of carbonyl (C=O) groups is 2. The second kappa shape index (κ2) is 12.7. The van der Waals surface area contributed by atoms with Crippen molar-refractivity contribution in [1.29, 1.82) is 0 Å². The van der Waals surface area contributed by atoms with E-state index in [-0.39, 0.29) is 18.2 Å². The molecule has 0 spiro atoms. The first kappa shape index (κ1) is 26.6. The number of nitrogens with zero attached hydrogens (tertiary/aromatic N) is 2. The van der Waals surface area contributed by atoms with Crippen LogP contribution in [0.3, 0.4) is 0 Å². The molecule has 1 aliphatic heterocycles. The highest BCUT2D eigenvalue weighted by Gasteiger charge is 2.42. The normalized spacial score (nSPS) is 15.2. The zero-order chi connectivity index (χ0) is 26.2. The highest BCUT2D eigenvalue weighted by Crippen LogP contribution is 2.24. The van der Waals surface area contributed by atoms with Gasteiger partial charge in [0.1, 0.15) is 11.8 Å². The molecule has 1 fully saturated rings. The molecule has 4 rings (SSSR count). The first-order valence-corrected chi connectivity index (χ1v) is 13.2. The summed E-state index contributed by atoms with van der Waals surface area (Å²) in [5.74, 6) is 0.352. The maximum Gasteiger partial charge on any atom is 0.252 e. The van der Waals surface area contributed by atoms with Crippen LogP contribution in [0, 0.1) is 0 Å². The number of hydrogen-bond acceptors (Lipinski definition) is 4.